The number of hydrogen-bond donors (Lipinski definition) is 1. The van der Waals surface area contributed by atoms with E-state index in [1.165, 1.54) is 12.1 Å². The average Bonchev–Trinajstić information content (AvgIpc) is 2.83. The number of carbonyl (C=O) groups is 1. The molecule has 0 radical (unpaired) electrons. The number of benzene rings is 2. The van der Waals surface area contributed by atoms with E-state index in [2.05, 4.69) is 0 Å². The zero-order valence-corrected chi connectivity index (χ0v) is 15.0. The van der Waals surface area contributed by atoms with Gasteiger partial charge in [0.2, 0.25) is 0 Å². The normalized spacial score (nSPS) is 15.2. The third-order valence-corrected chi connectivity index (χ3v) is 4.57. The molecule has 2 aromatic carbocycles. The maximum Gasteiger partial charge on any atom is 0.257 e. The van der Waals surface area contributed by atoms with Crippen molar-refractivity contribution in [3.63, 3.8) is 0 Å². The van der Waals surface area contributed by atoms with Crippen LogP contribution < -0.4 is 4.74 Å². The minimum absolute atomic E-state index is 0.0703. The Balaban J connectivity index is 1.82. The summed E-state index contributed by atoms with van der Waals surface area (Å²) in [5, 5.41) is 9.65. The molecule has 1 N–H and O–H groups in total. The molecular weight excluding hydrogens is 335 g/mol. The fraction of sp³-hybridized carbons (Fsp3) is 0.350. The quantitative estimate of drug-likeness (QED) is 0.854. The highest BCUT2D eigenvalue weighted by Gasteiger charge is 2.23. The number of amides is 1. The first-order chi connectivity index (χ1) is 12.5. The Bertz CT molecular complexity index is 794. The van der Waals surface area contributed by atoms with E-state index in [-0.39, 0.29) is 11.5 Å². The summed E-state index contributed by atoms with van der Waals surface area (Å²) in [4.78, 5) is 16.1. The molecule has 0 fully saturated rings. The lowest BCUT2D eigenvalue weighted by atomic mass is 10.1. The van der Waals surface area contributed by atoms with Gasteiger partial charge in [0.15, 0.2) is 0 Å². The van der Waals surface area contributed by atoms with Crippen LogP contribution in [-0.2, 0) is 13.1 Å². The van der Waals surface area contributed by atoms with Gasteiger partial charge in [-0.3, -0.25) is 9.69 Å². The number of nitrogens with zero attached hydrogens (tertiary/aromatic N) is 2. The van der Waals surface area contributed by atoms with Crippen LogP contribution in [0.3, 0.4) is 0 Å². The van der Waals surface area contributed by atoms with Crippen molar-refractivity contribution < 1.29 is 19.0 Å². The third-order valence-electron chi connectivity index (χ3n) is 4.57. The zero-order valence-electron chi connectivity index (χ0n) is 15.0. The number of aliphatic hydroxyl groups is 1. The first-order valence-corrected chi connectivity index (χ1v) is 8.62. The molecule has 1 aliphatic rings. The van der Waals surface area contributed by atoms with Crippen LogP contribution in [-0.4, -0.2) is 47.2 Å². The Morgan fingerprint density at radius 2 is 2.12 bits per heavy atom. The van der Waals surface area contributed by atoms with E-state index in [4.69, 9.17) is 4.74 Å². The van der Waals surface area contributed by atoms with Gasteiger partial charge in [-0.15, -0.1) is 0 Å². The van der Waals surface area contributed by atoms with Gasteiger partial charge in [-0.25, -0.2) is 4.39 Å². The van der Waals surface area contributed by atoms with Crippen LogP contribution in [0.1, 0.15) is 28.4 Å². The van der Waals surface area contributed by atoms with Crippen LogP contribution in [0, 0.1) is 5.82 Å². The van der Waals surface area contributed by atoms with E-state index in [0.717, 1.165) is 16.9 Å². The molecule has 1 aliphatic heterocycles. The standard InChI is InChI=1S/C20H23FN2O3/c1-14(24)22(2)12-15-7-8-19-16(11-15)13-23(9-10-26-19)20(25)17-5-3-4-6-18(17)21/h3-8,11,14,24H,9-10,12-13H2,1-2H3. The number of fused-ring (bicyclic) bond motifs is 1. The van der Waals surface area contributed by atoms with Gasteiger partial charge in [-0.05, 0) is 43.8 Å². The fourth-order valence-electron chi connectivity index (χ4n) is 2.94. The minimum Gasteiger partial charge on any atom is -0.491 e. The van der Waals surface area contributed by atoms with E-state index in [0.29, 0.717) is 26.2 Å². The van der Waals surface area contributed by atoms with Crippen LogP contribution in [0.25, 0.3) is 0 Å². The van der Waals surface area contributed by atoms with Gasteiger partial charge < -0.3 is 14.7 Å². The molecule has 2 aromatic rings. The van der Waals surface area contributed by atoms with Crippen LogP contribution in [0.2, 0.25) is 0 Å². The van der Waals surface area contributed by atoms with Crippen LogP contribution in [0.5, 0.6) is 5.75 Å². The Labute approximate surface area is 152 Å². The number of hydrogen-bond acceptors (Lipinski definition) is 4. The van der Waals surface area contributed by atoms with Gasteiger partial charge in [0.1, 0.15) is 24.4 Å². The largest absolute Gasteiger partial charge is 0.491 e. The summed E-state index contributed by atoms with van der Waals surface area (Å²) >= 11 is 0. The van der Waals surface area contributed by atoms with Crippen molar-refractivity contribution in [2.24, 2.45) is 0 Å². The molecule has 1 unspecified atom stereocenters. The second-order valence-electron chi connectivity index (χ2n) is 6.54. The highest BCUT2D eigenvalue weighted by Crippen LogP contribution is 2.26. The molecule has 0 spiro atoms. The SMILES string of the molecule is CC(O)N(C)Cc1ccc2c(c1)CN(C(=O)c1ccccc1F)CCO2. The lowest BCUT2D eigenvalue weighted by molar-refractivity contribution is 0.0329. The van der Waals surface area contributed by atoms with E-state index in [1.54, 1.807) is 24.0 Å². The number of halogens is 1. The molecule has 0 bridgehead atoms. The first-order valence-electron chi connectivity index (χ1n) is 8.62. The van der Waals surface area contributed by atoms with Crippen LogP contribution in [0.15, 0.2) is 42.5 Å². The lowest BCUT2D eigenvalue weighted by Gasteiger charge is -2.22. The van der Waals surface area contributed by atoms with Gasteiger partial charge in [0.25, 0.3) is 5.91 Å². The van der Waals surface area contributed by atoms with Crippen molar-refractivity contribution >= 4 is 5.91 Å². The predicted octanol–water partition coefficient (Wildman–Crippen LogP) is 2.63. The Kier molecular flexibility index (Phi) is 5.54. The predicted molar refractivity (Wildman–Crippen MR) is 96.2 cm³/mol. The summed E-state index contributed by atoms with van der Waals surface area (Å²) in [6.45, 7) is 3.40. The number of aliphatic hydroxyl groups excluding tert-OH is 1. The molecular formula is C20H23FN2O3. The van der Waals surface area contributed by atoms with E-state index >= 15 is 0 Å². The van der Waals surface area contributed by atoms with Crippen LogP contribution >= 0.6 is 0 Å². The summed E-state index contributed by atoms with van der Waals surface area (Å²) in [6, 6.07) is 11.8. The second kappa shape index (κ2) is 7.85. The smallest absolute Gasteiger partial charge is 0.257 e. The molecule has 0 saturated heterocycles. The molecule has 26 heavy (non-hydrogen) atoms. The van der Waals surface area contributed by atoms with Crippen molar-refractivity contribution in [2.45, 2.75) is 26.2 Å². The molecule has 1 heterocycles. The van der Waals surface area contributed by atoms with E-state index < -0.39 is 12.0 Å². The Hall–Kier alpha value is -2.44. The second-order valence-corrected chi connectivity index (χ2v) is 6.54. The third kappa shape index (κ3) is 4.03. The molecule has 5 nitrogen and oxygen atoms in total. The highest BCUT2D eigenvalue weighted by atomic mass is 19.1. The topological polar surface area (TPSA) is 53.0 Å². The zero-order chi connectivity index (χ0) is 18.7. The van der Waals surface area contributed by atoms with Crippen molar-refractivity contribution in [3.8, 4) is 5.75 Å². The summed E-state index contributed by atoms with van der Waals surface area (Å²) in [5.41, 5.74) is 1.96. The first kappa shape index (κ1) is 18.4. The van der Waals surface area contributed by atoms with Crippen molar-refractivity contribution in [3.05, 3.63) is 65.0 Å². The van der Waals surface area contributed by atoms with E-state index in [1.807, 2.05) is 30.1 Å². The van der Waals surface area contributed by atoms with Crippen molar-refractivity contribution in [2.75, 3.05) is 20.2 Å². The number of rotatable bonds is 4. The number of carbonyl (C=O) groups excluding carboxylic acids is 1. The molecule has 0 aromatic heterocycles. The van der Waals surface area contributed by atoms with Gasteiger partial charge in [0, 0.05) is 18.7 Å². The van der Waals surface area contributed by atoms with Crippen molar-refractivity contribution in [1.82, 2.24) is 9.80 Å². The maximum atomic E-state index is 14.0. The summed E-state index contributed by atoms with van der Waals surface area (Å²) < 4.78 is 19.7. The van der Waals surface area contributed by atoms with Crippen molar-refractivity contribution in [1.29, 1.82) is 0 Å². The number of ether oxygens (including phenoxy) is 1. The average molecular weight is 358 g/mol. The molecule has 0 aliphatic carbocycles. The molecule has 6 heteroatoms. The molecule has 138 valence electrons. The van der Waals surface area contributed by atoms with Gasteiger partial charge >= 0.3 is 0 Å². The molecule has 0 saturated carbocycles. The monoisotopic (exact) mass is 358 g/mol. The van der Waals surface area contributed by atoms with Gasteiger partial charge in [-0.1, -0.05) is 18.2 Å². The summed E-state index contributed by atoms with van der Waals surface area (Å²) in [5.74, 6) is -0.126. The summed E-state index contributed by atoms with van der Waals surface area (Å²) in [7, 11) is 1.83. The van der Waals surface area contributed by atoms with E-state index in [9.17, 15) is 14.3 Å². The lowest BCUT2D eigenvalue weighted by Crippen LogP contribution is -2.33. The van der Waals surface area contributed by atoms with Gasteiger partial charge in [-0.2, -0.15) is 0 Å². The Morgan fingerprint density at radius 1 is 1.35 bits per heavy atom. The molecule has 3 rings (SSSR count). The maximum absolute atomic E-state index is 14.0. The molecule has 1 atom stereocenters. The summed E-state index contributed by atoms with van der Waals surface area (Å²) in [6.07, 6.45) is -0.552. The van der Waals surface area contributed by atoms with Crippen LogP contribution in [0.4, 0.5) is 4.39 Å². The molecule has 1 amide bonds. The minimum atomic E-state index is -0.552. The fourth-order valence-corrected chi connectivity index (χ4v) is 2.94. The Morgan fingerprint density at radius 3 is 2.85 bits per heavy atom. The van der Waals surface area contributed by atoms with Gasteiger partial charge in [0.05, 0.1) is 12.1 Å². The highest BCUT2D eigenvalue weighted by molar-refractivity contribution is 5.94.